The lowest BCUT2D eigenvalue weighted by Crippen LogP contribution is -2.48. The number of pyridine rings is 1. The number of carboxylic acids is 1. The summed E-state index contributed by atoms with van der Waals surface area (Å²) in [7, 11) is -4.09. The number of aromatic nitrogens is 3. The minimum Gasteiger partial charge on any atom is -0.479 e. The average Bonchev–Trinajstić information content (AvgIpc) is 3.39. The third kappa shape index (κ3) is 7.94. The zero-order valence-corrected chi connectivity index (χ0v) is 25.0. The Morgan fingerprint density at radius 1 is 0.977 bits per heavy atom. The van der Waals surface area contributed by atoms with Crippen LogP contribution in [-0.4, -0.2) is 63.3 Å². The van der Waals surface area contributed by atoms with E-state index in [4.69, 9.17) is 0 Å². The van der Waals surface area contributed by atoms with E-state index in [0.717, 1.165) is 24.5 Å². The van der Waals surface area contributed by atoms with Crippen molar-refractivity contribution < 1.29 is 33.0 Å². The van der Waals surface area contributed by atoms with Gasteiger partial charge >= 0.3 is 5.97 Å². The van der Waals surface area contributed by atoms with Gasteiger partial charge in [0.25, 0.3) is 15.9 Å². The van der Waals surface area contributed by atoms with Gasteiger partial charge in [-0.25, -0.2) is 17.9 Å². The zero-order valence-electron chi connectivity index (χ0n) is 24.2. The van der Waals surface area contributed by atoms with E-state index in [1.807, 2.05) is 17.7 Å². The molecule has 13 heteroatoms. The second-order valence-electron chi connectivity index (χ2n) is 10.2. The maximum absolute atomic E-state index is 13.2. The third-order valence-corrected chi connectivity index (χ3v) is 8.21. The van der Waals surface area contributed by atoms with Crippen LogP contribution in [0.4, 0.5) is 0 Å². The fraction of sp³-hybridized carbons (Fsp3) is 0.258. The van der Waals surface area contributed by atoms with Gasteiger partial charge in [-0.15, -0.1) is 0 Å². The Morgan fingerprint density at radius 2 is 1.68 bits per heavy atom. The van der Waals surface area contributed by atoms with Gasteiger partial charge in [0.2, 0.25) is 5.91 Å². The summed E-state index contributed by atoms with van der Waals surface area (Å²) in [5, 5.41) is 26.8. The number of aliphatic carboxylic acids is 1. The van der Waals surface area contributed by atoms with Crippen molar-refractivity contribution in [1.82, 2.24) is 24.8 Å². The van der Waals surface area contributed by atoms with Crippen LogP contribution in [0.15, 0.2) is 83.9 Å². The van der Waals surface area contributed by atoms with Crippen molar-refractivity contribution in [3.8, 4) is 11.3 Å². The first-order chi connectivity index (χ1) is 21.0. The molecule has 0 aliphatic carbocycles. The van der Waals surface area contributed by atoms with Crippen molar-refractivity contribution in [2.45, 2.75) is 56.7 Å². The van der Waals surface area contributed by atoms with Gasteiger partial charge in [0.15, 0.2) is 6.10 Å². The quantitative estimate of drug-likeness (QED) is 0.175. The monoisotopic (exact) mass is 619 g/mol. The number of amides is 2. The molecule has 0 spiro atoms. The van der Waals surface area contributed by atoms with Crippen molar-refractivity contribution in [1.29, 1.82) is 0 Å². The first-order valence-corrected chi connectivity index (χ1v) is 15.4. The molecule has 44 heavy (non-hydrogen) atoms. The van der Waals surface area contributed by atoms with E-state index in [2.05, 4.69) is 15.4 Å². The van der Waals surface area contributed by atoms with Crippen molar-refractivity contribution in [2.24, 2.45) is 0 Å². The summed E-state index contributed by atoms with van der Waals surface area (Å²) in [5.74, 6) is -2.77. The molecule has 0 bridgehead atoms. The van der Waals surface area contributed by atoms with E-state index >= 15 is 0 Å². The van der Waals surface area contributed by atoms with Gasteiger partial charge in [-0.2, -0.15) is 5.10 Å². The van der Waals surface area contributed by atoms with Gasteiger partial charge in [-0.1, -0.05) is 61.5 Å². The number of hydrogen-bond donors (Lipinski definition) is 4. The topological polar surface area (TPSA) is 181 Å². The molecule has 0 fully saturated rings. The molecule has 12 nitrogen and oxygen atoms in total. The number of nitrogens with one attached hydrogen (secondary N) is 2. The summed E-state index contributed by atoms with van der Waals surface area (Å²) in [4.78, 5) is 40.6. The predicted octanol–water partition coefficient (Wildman–Crippen LogP) is 2.56. The highest BCUT2D eigenvalue weighted by Crippen LogP contribution is 2.26. The van der Waals surface area contributed by atoms with Crippen molar-refractivity contribution in [3.63, 3.8) is 0 Å². The lowest BCUT2D eigenvalue weighted by molar-refractivity contribution is -0.148. The molecule has 2 aromatic heterocycles. The number of carbonyl (C=O) groups is 3. The normalized spacial score (nSPS) is 12.7. The van der Waals surface area contributed by atoms with E-state index in [9.17, 15) is 33.0 Å². The van der Waals surface area contributed by atoms with Gasteiger partial charge in [-0.3, -0.25) is 19.3 Å². The molecule has 230 valence electrons. The van der Waals surface area contributed by atoms with Crippen LogP contribution in [0.3, 0.4) is 0 Å². The Hall–Kier alpha value is -4.88. The maximum Gasteiger partial charge on any atom is 0.334 e. The minimum absolute atomic E-state index is 0.0748. The predicted molar refractivity (Wildman–Crippen MR) is 161 cm³/mol. The standard InChI is InChI=1S/C31H33N5O7S/c1-3-15-36-23(18-27(34-36)30(39)33-26(29(38)31(40)41)17-21-9-5-4-6-10-21)16-22-13-14-25(32-19-22)24-11-7-8-12-28(24)44(42,43)35-20(2)37/h4-14,18-19,26,29,38H,3,15-17H2,1-2H3,(H,33,39)(H,35,37)(H,40,41). The molecule has 0 radical (unpaired) electrons. The number of carbonyl (C=O) groups excluding carboxylic acids is 2. The highest BCUT2D eigenvalue weighted by atomic mass is 32.2. The molecule has 2 amide bonds. The van der Waals surface area contributed by atoms with E-state index < -0.39 is 40.0 Å². The minimum atomic E-state index is -4.09. The summed E-state index contributed by atoms with van der Waals surface area (Å²) in [6.45, 7) is 3.61. The van der Waals surface area contributed by atoms with Crippen molar-refractivity contribution >= 4 is 27.8 Å². The molecule has 4 aromatic rings. The van der Waals surface area contributed by atoms with Gasteiger partial charge in [0.1, 0.15) is 5.69 Å². The Balaban J connectivity index is 1.55. The fourth-order valence-corrected chi connectivity index (χ4v) is 5.90. The van der Waals surface area contributed by atoms with Gasteiger partial charge in [0, 0.05) is 37.3 Å². The summed E-state index contributed by atoms with van der Waals surface area (Å²) in [6.07, 6.45) is 0.972. The highest BCUT2D eigenvalue weighted by Gasteiger charge is 2.29. The van der Waals surface area contributed by atoms with Crippen LogP contribution in [0.2, 0.25) is 0 Å². The molecule has 4 rings (SSSR count). The molecule has 0 saturated heterocycles. The molecule has 2 heterocycles. The first kappa shape index (κ1) is 32.0. The van der Waals surface area contributed by atoms with Crippen LogP contribution in [0.1, 0.15) is 47.6 Å². The molecule has 2 unspecified atom stereocenters. The molecule has 0 saturated carbocycles. The molecule has 0 aliphatic heterocycles. The van der Waals surface area contributed by atoms with E-state index in [0.29, 0.717) is 29.9 Å². The van der Waals surface area contributed by atoms with Gasteiger partial charge < -0.3 is 15.5 Å². The smallest absolute Gasteiger partial charge is 0.334 e. The molecule has 4 N–H and O–H groups in total. The molecular formula is C31H33N5O7S. The molecule has 2 aromatic carbocycles. The molecule has 2 atom stereocenters. The Bertz CT molecular complexity index is 1740. The third-order valence-electron chi connectivity index (χ3n) is 6.72. The van der Waals surface area contributed by atoms with Gasteiger partial charge in [-0.05, 0) is 42.2 Å². The second-order valence-corrected chi connectivity index (χ2v) is 11.8. The number of nitrogens with zero attached hydrogens (tertiary/aromatic N) is 3. The number of aryl methyl sites for hydroxylation is 1. The van der Waals surface area contributed by atoms with Crippen LogP contribution in [0.5, 0.6) is 0 Å². The van der Waals surface area contributed by atoms with Crippen LogP contribution in [0, 0.1) is 0 Å². The summed E-state index contributed by atoms with van der Waals surface area (Å²) in [5.41, 5.74) is 3.02. The van der Waals surface area contributed by atoms with Crippen molar-refractivity contribution in [2.75, 3.05) is 0 Å². The van der Waals surface area contributed by atoms with E-state index in [-0.39, 0.29) is 17.0 Å². The lowest BCUT2D eigenvalue weighted by Gasteiger charge is -2.21. The summed E-state index contributed by atoms with van der Waals surface area (Å²) in [6, 6.07) is 19.2. The number of benzene rings is 2. The number of carboxylic acid groups (broad SMARTS) is 1. The van der Waals surface area contributed by atoms with Gasteiger partial charge in [0.05, 0.1) is 16.6 Å². The number of rotatable bonds is 13. The Kier molecular flexibility index (Phi) is 10.2. The zero-order chi connectivity index (χ0) is 31.9. The summed E-state index contributed by atoms with van der Waals surface area (Å²) >= 11 is 0. The Morgan fingerprint density at radius 3 is 2.32 bits per heavy atom. The first-order valence-electron chi connectivity index (χ1n) is 13.9. The molecule has 0 aliphatic rings. The van der Waals surface area contributed by atoms with Crippen LogP contribution < -0.4 is 10.0 Å². The number of hydrogen-bond acceptors (Lipinski definition) is 8. The molecular weight excluding hydrogens is 586 g/mol. The lowest BCUT2D eigenvalue weighted by atomic mass is 10.0. The number of aliphatic hydroxyl groups excluding tert-OH is 1. The maximum atomic E-state index is 13.2. The van der Waals surface area contributed by atoms with Crippen LogP contribution in [0.25, 0.3) is 11.3 Å². The van der Waals surface area contributed by atoms with E-state index in [1.54, 1.807) is 71.5 Å². The SMILES string of the molecule is CCCn1nc(C(=O)NC(Cc2ccccc2)C(O)C(=O)O)cc1Cc1ccc(-c2ccccc2S(=O)(=O)NC(C)=O)nc1. The largest absolute Gasteiger partial charge is 0.479 e. The number of aliphatic hydroxyl groups is 1. The van der Waals surface area contributed by atoms with E-state index in [1.165, 1.54) is 6.07 Å². The average molecular weight is 620 g/mol. The van der Waals surface area contributed by atoms with Crippen molar-refractivity contribution in [3.05, 3.63) is 102 Å². The Labute approximate surface area is 254 Å². The summed E-state index contributed by atoms with van der Waals surface area (Å²) < 4.78 is 29.0. The van der Waals surface area contributed by atoms with Crippen LogP contribution >= 0.6 is 0 Å². The highest BCUT2D eigenvalue weighted by molar-refractivity contribution is 7.90. The fourth-order valence-electron chi connectivity index (χ4n) is 4.69. The number of sulfonamides is 1. The second kappa shape index (κ2) is 14.1. The van der Waals surface area contributed by atoms with Crippen LogP contribution in [-0.2, 0) is 39.0 Å².